The largest absolute Gasteiger partial charge is 0.397 e. The Morgan fingerprint density at radius 3 is 3.05 bits per heavy atom. The first-order valence-electron chi connectivity index (χ1n) is 6.63. The molecular formula is C14H16N6O. The Balaban J connectivity index is 1.65. The van der Waals surface area contributed by atoms with Crippen LogP contribution < -0.4 is 11.1 Å². The lowest BCUT2D eigenvalue weighted by Crippen LogP contribution is -2.26. The van der Waals surface area contributed by atoms with Crippen LogP contribution in [0.1, 0.15) is 16.3 Å². The lowest BCUT2D eigenvalue weighted by atomic mass is 10.2. The Morgan fingerprint density at radius 2 is 2.33 bits per heavy atom. The van der Waals surface area contributed by atoms with Crippen LogP contribution in [0.2, 0.25) is 0 Å². The van der Waals surface area contributed by atoms with Gasteiger partial charge in [-0.2, -0.15) is 5.10 Å². The number of fused-ring (bicyclic) bond motifs is 1. The van der Waals surface area contributed by atoms with Crippen molar-refractivity contribution in [1.29, 1.82) is 0 Å². The third-order valence-corrected chi connectivity index (χ3v) is 3.21. The molecule has 3 rings (SSSR count). The molecule has 0 fully saturated rings. The second kappa shape index (κ2) is 5.28. The van der Waals surface area contributed by atoms with Gasteiger partial charge in [0.2, 0.25) is 0 Å². The smallest absolute Gasteiger partial charge is 0.267 e. The van der Waals surface area contributed by atoms with E-state index in [9.17, 15) is 4.79 Å². The van der Waals surface area contributed by atoms with E-state index in [0.29, 0.717) is 30.2 Å². The molecule has 0 aliphatic heterocycles. The molecule has 0 unspecified atom stereocenters. The number of para-hydroxylation sites is 1. The van der Waals surface area contributed by atoms with Crippen molar-refractivity contribution in [1.82, 2.24) is 25.1 Å². The van der Waals surface area contributed by atoms with E-state index in [1.807, 2.05) is 19.2 Å². The molecule has 0 saturated heterocycles. The second-order valence-corrected chi connectivity index (χ2v) is 4.83. The van der Waals surface area contributed by atoms with Gasteiger partial charge in [-0.05, 0) is 12.1 Å². The van der Waals surface area contributed by atoms with Crippen molar-refractivity contribution in [2.24, 2.45) is 7.05 Å². The molecule has 3 aromatic rings. The third-order valence-electron chi connectivity index (χ3n) is 3.21. The monoisotopic (exact) mass is 284 g/mol. The molecular weight excluding hydrogens is 268 g/mol. The van der Waals surface area contributed by atoms with Gasteiger partial charge in [0.1, 0.15) is 12.0 Å². The van der Waals surface area contributed by atoms with Crippen molar-refractivity contribution in [2.75, 3.05) is 12.3 Å². The number of rotatable bonds is 4. The van der Waals surface area contributed by atoms with Crippen molar-refractivity contribution in [3.05, 3.63) is 42.1 Å². The summed E-state index contributed by atoms with van der Waals surface area (Å²) in [5.41, 5.74) is 7.78. The molecule has 1 amide bonds. The molecule has 108 valence electrons. The van der Waals surface area contributed by atoms with Crippen LogP contribution in [0.3, 0.4) is 0 Å². The highest BCUT2D eigenvalue weighted by molar-refractivity contribution is 6.00. The Morgan fingerprint density at radius 1 is 1.48 bits per heavy atom. The van der Waals surface area contributed by atoms with E-state index in [-0.39, 0.29) is 5.91 Å². The predicted octanol–water partition coefficient (Wildman–Crippen LogP) is 0.851. The summed E-state index contributed by atoms with van der Waals surface area (Å²) >= 11 is 0. The van der Waals surface area contributed by atoms with Crippen LogP contribution in [0.25, 0.3) is 10.9 Å². The molecule has 0 atom stereocenters. The van der Waals surface area contributed by atoms with E-state index in [1.165, 1.54) is 0 Å². The van der Waals surface area contributed by atoms with Crippen LogP contribution in [0.15, 0.2) is 30.6 Å². The quantitative estimate of drug-likeness (QED) is 0.618. The summed E-state index contributed by atoms with van der Waals surface area (Å²) in [4.78, 5) is 19.2. The number of benzene rings is 1. The molecule has 7 heteroatoms. The van der Waals surface area contributed by atoms with Gasteiger partial charge in [0, 0.05) is 25.4 Å². The van der Waals surface area contributed by atoms with Crippen LogP contribution in [0.5, 0.6) is 0 Å². The first-order chi connectivity index (χ1) is 10.1. The fourth-order valence-electron chi connectivity index (χ4n) is 2.18. The maximum atomic E-state index is 12.1. The van der Waals surface area contributed by atoms with Crippen LogP contribution in [0.4, 0.5) is 5.69 Å². The molecule has 0 spiro atoms. The number of nitrogens with one attached hydrogen (secondary N) is 2. The fraction of sp³-hybridized carbons (Fsp3) is 0.214. The summed E-state index contributed by atoms with van der Waals surface area (Å²) in [6.07, 6.45) is 2.23. The standard InChI is InChI=1S/C14H16N6O/c1-20-8-17-12(19-20)5-6-16-14(21)11-7-9-3-2-4-10(15)13(9)18-11/h2-4,7-8,18H,5-6,15H2,1H3,(H,16,21). The summed E-state index contributed by atoms with van der Waals surface area (Å²) in [5.74, 6) is 0.542. The number of anilines is 1. The Kier molecular flexibility index (Phi) is 3.31. The number of nitrogens with zero attached hydrogens (tertiary/aromatic N) is 3. The number of carbonyl (C=O) groups is 1. The minimum absolute atomic E-state index is 0.165. The van der Waals surface area contributed by atoms with Gasteiger partial charge in [0.05, 0.1) is 11.2 Å². The minimum atomic E-state index is -0.165. The van der Waals surface area contributed by atoms with E-state index in [0.717, 1.165) is 10.9 Å². The number of aromatic nitrogens is 4. The fourth-order valence-corrected chi connectivity index (χ4v) is 2.18. The number of nitrogen functional groups attached to an aromatic ring is 1. The molecule has 0 aliphatic rings. The average Bonchev–Trinajstić information content (AvgIpc) is 3.06. The molecule has 0 radical (unpaired) electrons. The van der Waals surface area contributed by atoms with Crippen molar-refractivity contribution in [3.63, 3.8) is 0 Å². The minimum Gasteiger partial charge on any atom is -0.397 e. The van der Waals surface area contributed by atoms with E-state index in [4.69, 9.17) is 5.73 Å². The van der Waals surface area contributed by atoms with Gasteiger partial charge in [-0.15, -0.1) is 0 Å². The number of aryl methyl sites for hydroxylation is 1. The van der Waals surface area contributed by atoms with Crippen molar-refractivity contribution in [3.8, 4) is 0 Å². The first kappa shape index (κ1) is 13.2. The predicted molar refractivity (Wildman–Crippen MR) is 79.8 cm³/mol. The van der Waals surface area contributed by atoms with Crippen molar-refractivity contribution < 1.29 is 4.79 Å². The summed E-state index contributed by atoms with van der Waals surface area (Å²) < 4.78 is 1.64. The lowest BCUT2D eigenvalue weighted by molar-refractivity contribution is 0.0950. The van der Waals surface area contributed by atoms with E-state index < -0.39 is 0 Å². The molecule has 21 heavy (non-hydrogen) atoms. The summed E-state index contributed by atoms with van der Waals surface area (Å²) in [6.45, 7) is 0.480. The number of hydrogen-bond donors (Lipinski definition) is 3. The highest BCUT2D eigenvalue weighted by Gasteiger charge is 2.10. The zero-order valence-electron chi connectivity index (χ0n) is 11.6. The van der Waals surface area contributed by atoms with Crippen molar-refractivity contribution in [2.45, 2.75) is 6.42 Å². The van der Waals surface area contributed by atoms with Gasteiger partial charge >= 0.3 is 0 Å². The number of H-pyrrole nitrogens is 1. The zero-order valence-corrected chi connectivity index (χ0v) is 11.6. The highest BCUT2D eigenvalue weighted by Crippen LogP contribution is 2.20. The maximum absolute atomic E-state index is 12.1. The Hall–Kier alpha value is -2.83. The van der Waals surface area contributed by atoms with Crippen LogP contribution in [0, 0.1) is 0 Å². The number of carbonyl (C=O) groups excluding carboxylic acids is 1. The number of hydrogen-bond acceptors (Lipinski definition) is 4. The molecule has 4 N–H and O–H groups in total. The topological polar surface area (TPSA) is 102 Å². The zero-order chi connectivity index (χ0) is 14.8. The number of amides is 1. The van der Waals surface area contributed by atoms with Gasteiger partial charge in [0.15, 0.2) is 5.82 Å². The summed E-state index contributed by atoms with van der Waals surface area (Å²) in [5, 5.41) is 7.92. The summed E-state index contributed by atoms with van der Waals surface area (Å²) in [6, 6.07) is 7.37. The van der Waals surface area contributed by atoms with Crippen LogP contribution in [-0.2, 0) is 13.5 Å². The third kappa shape index (κ3) is 2.71. The van der Waals surface area contributed by atoms with Gasteiger partial charge in [-0.25, -0.2) is 4.98 Å². The molecule has 0 saturated carbocycles. The maximum Gasteiger partial charge on any atom is 0.267 e. The van der Waals surface area contributed by atoms with E-state index >= 15 is 0 Å². The Bertz CT molecular complexity index is 788. The Labute approximate surface area is 121 Å². The molecule has 0 aliphatic carbocycles. The molecule has 0 bridgehead atoms. The van der Waals surface area contributed by atoms with Gasteiger partial charge in [-0.1, -0.05) is 12.1 Å². The molecule has 2 heterocycles. The van der Waals surface area contributed by atoms with Gasteiger partial charge in [-0.3, -0.25) is 9.48 Å². The lowest BCUT2D eigenvalue weighted by Gasteiger charge is -2.01. The van der Waals surface area contributed by atoms with E-state index in [1.54, 1.807) is 23.1 Å². The molecule has 2 aromatic heterocycles. The summed E-state index contributed by atoms with van der Waals surface area (Å²) in [7, 11) is 1.81. The second-order valence-electron chi connectivity index (χ2n) is 4.83. The normalized spacial score (nSPS) is 10.9. The van der Waals surface area contributed by atoms with Gasteiger partial charge < -0.3 is 16.0 Å². The van der Waals surface area contributed by atoms with Crippen LogP contribution >= 0.6 is 0 Å². The number of aromatic amines is 1. The van der Waals surface area contributed by atoms with Crippen LogP contribution in [-0.4, -0.2) is 32.2 Å². The highest BCUT2D eigenvalue weighted by atomic mass is 16.1. The number of nitrogens with two attached hydrogens (primary N) is 1. The molecule has 1 aromatic carbocycles. The van der Waals surface area contributed by atoms with Crippen molar-refractivity contribution >= 4 is 22.5 Å². The first-order valence-corrected chi connectivity index (χ1v) is 6.63. The average molecular weight is 284 g/mol. The molecule has 7 nitrogen and oxygen atoms in total. The SMILES string of the molecule is Cn1cnc(CCNC(=O)c2cc3cccc(N)c3[nH]2)n1. The van der Waals surface area contributed by atoms with E-state index in [2.05, 4.69) is 20.4 Å². The van der Waals surface area contributed by atoms with Gasteiger partial charge in [0.25, 0.3) is 5.91 Å².